The van der Waals surface area contributed by atoms with Gasteiger partial charge in [0.25, 0.3) is 5.91 Å². The second-order valence-corrected chi connectivity index (χ2v) is 11.5. The number of hydrogen-bond donors (Lipinski definition) is 1. The summed E-state index contributed by atoms with van der Waals surface area (Å²) in [7, 11) is 0. The Labute approximate surface area is 227 Å². The summed E-state index contributed by atoms with van der Waals surface area (Å²) in [6.45, 7) is 3.46. The highest BCUT2D eigenvalue weighted by atomic mass is 32.1. The minimum atomic E-state index is -4.81. The fraction of sp³-hybridized carbons (Fsp3) is 0.481. The molecule has 1 saturated carbocycles. The lowest BCUT2D eigenvalue weighted by Crippen LogP contribution is -2.29. The molecule has 0 bridgehead atoms. The fourth-order valence-corrected chi connectivity index (χ4v) is 5.91. The largest absolute Gasteiger partial charge is 0.449 e. The molecule has 1 amide bonds. The smallest absolute Gasteiger partial charge is 0.355 e. The minimum Gasteiger partial charge on any atom is -0.355 e. The van der Waals surface area contributed by atoms with Crippen LogP contribution < -0.4 is 10.2 Å². The predicted octanol–water partition coefficient (Wildman–Crippen LogP) is 6.24. The summed E-state index contributed by atoms with van der Waals surface area (Å²) in [5, 5.41) is 7.86. The molecule has 3 aromatic rings. The number of aryl methyl sites for hydroxylation is 1. The highest BCUT2D eigenvalue weighted by Gasteiger charge is 2.39. The molecule has 1 aromatic carbocycles. The molecule has 3 heterocycles. The van der Waals surface area contributed by atoms with Gasteiger partial charge in [-0.25, -0.2) is 14.1 Å². The van der Waals surface area contributed by atoms with Gasteiger partial charge < -0.3 is 10.2 Å². The van der Waals surface area contributed by atoms with E-state index in [4.69, 9.17) is 0 Å². The molecule has 1 N–H and O–H groups in total. The minimum absolute atomic E-state index is 0.195. The van der Waals surface area contributed by atoms with Crippen LogP contribution in [0.4, 0.5) is 29.1 Å². The molecule has 1 atom stereocenters. The molecule has 7 nitrogen and oxygen atoms in total. The summed E-state index contributed by atoms with van der Waals surface area (Å²) in [6.07, 6.45) is 0.0369. The molecule has 208 valence electrons. The number of anilines is 2. The van der Waals surface area contributed by atoms with Crippen molar-refractivity contribution in [2.45, 2.75) is 58.2 Å². The van der Waals surface area contributed by atoms with Crippen LogP contribution in [0.1, 0.15) is 53.9 Å². The van der Waals surface area contributed by atoms with Crippen LogP contribution >= 0.6 is 11.3 Å². The zero-order chi connectivity index (χ0) is 27.7. The molecule has 5 rings (SSSR count). The maximum Gasteiger partial charge on any atom is 0.449 e. The number of carbonyl (C=O) groups is 2. The Morgan fingerprint density at radius 3 is 2.59 bits per heavy atom. The van der Waals surface area contributed by atoms with Crippen molar-refractivity contribution >= 4 is 34.5 Å². The lowest BCUT2D eigenvalue weighted by Gasteiger charge is -2.25. The summed E-state index contributed by atoms with van der Waals surface area (Å²) < 4.78 is 54.6. The molecule has 39 heavy (non-hydrogen) atoms. The third kappa shape index (κ3) is 6.32. The number of halogens is 4. The van der Waals surface area contributed by atoms with E-state index in [0.29, 0.717) is 71.8 Å². The summed E-state index contributed by atoms with van der Waals surface area (Å²) in [5.74, 6) is -1.68. The lowest BCUT2D eigenvalue weighted by atomic mass is 9.94. The average Bonchev–Trinajstić information content (AvgIpc) is 3.56. The number of benzene rings is 1. The molecular formula is C27H29F4N5O2S. The summed E-state index contributed by atoms with van der Waals surface area (Å²) in [5.41, 5.74) is 1.01. The molecule has 12 heteroatoms. The van der Waals surface area contributed by atoms with Crippen LogP contribution in [0.5, 0.6) is 0 Å². The summed E-state index contributed by atoms with van der Waals surface area (Å²) in [4.78, 5) is 32.0. The van der Waals surface area contributed by atoms with Gasteiger partial charge in [0, 0.05) is 36.5 Å². The van der Waals surface area contributed by atoms with E-state index in [1.807, 2.05) is 9.58 Å². The Bertz CT molecular complexity index is 1360. The molecular weight excluding hydrogens is 534 g/mol. The van der Waals surface area contributed by atoms with E-state index in [-0.39, 0.29) is 11.6 Å². The van der Waals surface area contributed by atoms with Crippen molar-refractivity contribution in [1.29, 1.82) is 0 Å². The van der Waals surface area contributed by atoms with Gasteiger partial charge in [-0.1, -0.05) is 12.1 Å². The van der Waals surface area contributed by atoms with Crippen molar-refractivity contribution < 1.29 is 27.2 Å². The van der Waals surface area contributed by atoms with Gasteiger partial charge in [-0.05, 0) is 63.0 Å². The third-order valence-electron chi connectivity index (χ3n) is 7.24. The first-order valence-corrected chi connectivity index (χ1v) is 13.9. The highest BCUT2D eigenvalue weighted by molar-refractivity contribution is 7.15. The lowest BCUT2D eigenvalue weighted by molar-refractivity contribution is -0.172. The summed E-state index contributed by atoms with van der Waals surface area (Å²) in [6, 6.07) is 6.26. The van der Waals surface area contributed by atoms with Gasteiger partial charge in [0.05, 0.1) is 6.20 Å². The molecule has 1 aliphatic carbocycles. The molecule has 1 aliphatic heterocycles. The van der Waals surface area contributed by atoms with E-state index in [0.717, 1.165) is 12.8 Å². The molecule has 2 aliphatic rings. The second-order valence-electron chi connectivity index (χ2n) is 10.3. The topological polar surface area (TPSA) is 80.1 Å². The van der Waals surface area contributed by atoms with Crippen molar-refractivity contribution in [1.82, 2.24) is 14.8 Å². The van der Waals surface area contributed by atoms with Crippen molar-refractivity contribution in [3.63, 3.8) is 0 Å². The van der Waals surface area contributed by atoms with Crippen molar-refractivity contribution in [3.8, 4) is 10.6 Å². The fourth-order valence-electron chi connectivity index (χ4n) is 4.98. The SMILES string of the molecule is Cc1sc(-c2ccccc2F)nc1C(=O)Nc1cnn(CC2CC2)c1N1CCC[C@@H](CC(=O)C(F)(F)F)CC1. The molecule has 0 radical (unpaired) electrons. The number of carbonyl (C=O) groups excluding carboxylic acids is 2. The first kappa shape index (κ1) is 27.3. The van der Waals surface area contributed by atoms with Gasteiger partial charge in [0.1, 0.15) is 22.2 Å². The predicted molar refractivity (Wildman–Crippen MR) is 140 cm³/mol. The first-order valence-electron chi connectivity index (χ1n) is 13.0. The number of nitrogens with one attached hydrogen (secondary N) is 1. The monoisotopic (exact) mass is 563 g/mol. The number of ketones is 1. The van der Waals surface area contributed by atoms with Crippen LogP contribution in [0, 0.1) is 24.6 Å². The average molecular weight is 564 g/mol. The summed E-state index contributed by atoms with van der Waals surface area (Å²) >= 11 is 1.23. The Morgan fingerprint density at radius 1 is 1.10 bits per heavy atom. The quantitative estimate of drug-likeness (QED) is 0.328. The number of amides is 1. The Kier molecular flexibility index (Phi) is 7.75. The number of alkyl halides is 3. The number of Topliss-reactive ketones (excluding diaryl/α,β-unsaturated/α-hetero) is 1. The first-order chi connectivity index (χ1) is 18.6. The maximum atomic E-state index is 14.3. The number of rotatable bonds is 8. The van der Waals surface area contributed by atoms with E-state index in [2.05, 4.69) is 15.4 Å². The van der Waals surface area contributed by atoms with Crippen LogP contribution in [0.25, 0.3) is 10.6 Å². The number of nitrogens with zero attached hydrogens (tertiary/aromatic N) is 4. The van der Waals surface area contributed by atoms with Gasteiger partial charge in [0.15, 0.2) is 5.82 Å². The molecule has 0 unspecified atom stereocenters. The zero-order valence-electron chi connectivity index (χ0n) is 21.4. The van der Waals surface area contributed by atoms with Crippen LogP contribution in [-0.2, 0) is 11.3 Å². The van der Waals surface area contributed by atoms with E-state index in [1.165, 1.54) is 17.4 Å². The number of thiazole rings is 1. The third-order valence-corrected chi connectivity index (χ3v) is 8.25. The van der Waals surface area contributed by atoms with Gasteiger partial charge in [-0.15, -0.1) is 11.3 Å². The van der Waals surface area contributed by atoms with E-state index < -0.39 is 30.1 Å². The van der Waals surface area contributed by atoms with E-state index in [1.54, 1.807) is 31.3 Å². The number of aromatic nitrogens is 3. The second kappa shape index (κ2) is 11.1. The number of hydrogen-bond acceptors (Lipinski definition) is 6. The van der Waals surface area contributed by atoms with Crippen LogP contribution in [0.15, 0.2) is 30.5 Å². The normalized spacial score (nSPS) is 18.2. The Morgan fingerprint density at radius 2 is 1.87 bits per heavy atom. The van der Waals surface area contributed by atoms with Gasteiger partial charge in [-0.2, -0.15) is 18.3 Å². The molecule has 0 spiro atoms. The van der Waals surface area contributed by atoms with E-state index in [9.17, 15) is 27.2 Å². The van der Waals surface area contributed by atoms with Gasteiger partial charge in [0.2, 0.25) is 5.78 Å². The van der Waals surface area contributed by atoms with Crippen molar-refractivity contribution in [2.75, 3.05) is 23.3 Å². The molecule has 2 fully saturated rings. The zero-order valence-corrected chi connectivity index (χ0v) is 22.2. The van der Waals surface area contributed by atoms with Gasteiger partial charge >= 0.3 is 6.18 Å². The van der Waals surface area contributed by atoms with Crippen LogP contribution in [0.3, 0.4) is 0 Å². The highest BCUT2D eigenvalue weighted by Crippen LogP contribution is 2.37. The van der Waals surface area contributed by atoms with Gasteiger partial charge in [-0.3, -0.25) is 9.59 Å². The van der Waals surface area contributed by atoms with Crippen LogP contribution in [-0.4, -0.2) is 45.7 Å². The van der Waals surface area contributed by atoms with E-state index >= 15 is 0 Å². The molecule has 2 aromatic heterocycles. The maximum absolute atomic E-state index is 14.3. The Balaban J connectivity index is 1.35. The van der Waals surface area contributed by atoms with Crippen molar-refractivity contribution in [3.05, 3.63) is 46.9 Å². The molecule has 1 saturated heterocycles. The van der Waals surface area contributed by atoms with Crippen LogP contribution in [0.2, 0.25) is 0 Å². The standard InChI is InChI=1S/C27H29F4N5O2S/c1-16-23(34-25(39-16)19-6-2-3-7-20(19)28)24(38)33-21-14-32-36(15-18-8-9-18)26(21)35-11-4-5-17(10-12-35)13-22(37)27(29,30)31/h2-3,6-7,14,17-18H,4-5,8-13,15H2,1H3,(H,33,38)/t17-/m1/s1. The van der Waals surface area contributed by atoms with Crippen molar-refractivity contribution in [2.24, 2.45) is 11.8 Å². The Hall–Kier alpha value is -3.28.